The van der Waals surface area contributed by atoms with E-state index in [0.717, 1.165) is 43.4 Å². The molecule has 0 unspecified atom stereocenters. The molecule has 3 aromatic rings. The molecular weight excluding hydrogens is 492 g/mol. The van der Waals surface area contributed by atoms with E-state index >= 15 is 0 Å². The van der Waals surface area contributed by atoms with Crippen LogP contribution in [0.25, 0.3) is 0 Å². The molecule has 2 fully saturated rings. The van der Waals surface area contributed by atoms with Gasteiger partial charge < -0.3 is 4.90 Å². The maximum atomic E-state index is 14.0. The molecule has 1 aliphatic heterocycles. The molecule has 1 aromatic heterocycles. The Labute approximate surface area is 220 Å². The number of hydrogen-bond donors (Lipinski definition) is 2. The van der Waals surface area contributed by atoms with Crippen LogP contribution in [0.2, 0.25) is 0 Å². The first-order valence-corrected chi connectivity index (χ1v) is 12.4. The van der Waals surface area contributed by atoms with Crippen molar-refractivity contribution in [1.82, 2.24) is 25.5 Å². The van der Waals surface area contributed by atoms with Crippen molar-refractivity contribution >= 4 is 23.6 Å². The number of H-pyrrole nitrogens is 1. The third kappa shape index (κ3) is 5.23. The Morgan fingerprint density at radius 2 is 1.84 bits per heavy atom. The number of hydrogen-bond acceptors (Lipinski definition) is 5. The second kappa shape index (κ2) is 10.8. The van der Waals surface area contributed by atoms with E-state index in [1.165, 1.54) is 6.07 Å². The highest BCUT2D eigenvalue weighted by atomic mass is 19.2. The van der Waals surface area contributed by atoms with Crippen LogP contribution in [-0.2, 0) is 6.54 Å². The molecule has 11 heteroatoms. The van der Waals surface area contributed by atoms with Gasteiger partial charge in [-0.2, -0.15) is 5.21 Å². The van der Waals surface area contributed by atoms with Crippen LogP contribution in [0, 0.1) is 23.5 Å². The highest BCUT2D eigenvalue weighted by molar-refractivity contribution is 6.03. The summed E-state index contributed by atoms with van der Waals surface area (Å²) in [6.07, 6.45) is 3.68. The summed E-state index contributed by atoms with van der Waals surface area (Å²) in [6, 6.07) is 10.3. The van der Waals surface area contributed by atoms with Crippen molar-refractivity contribution in [2.24, 2.45) is 11.8 Å². The standard InChI is InChI=1S/C26H29F2N7O2.CH4/c1-16(2)18-9-11-26(12-10-18)15-34(20-7-8-21(27)22(28)13-20)25(37)35(26)14-17-3-5-19(6-4-17)23(36)29-24-30-32-33-31-24;/h3-8,13,16,18H,9-12,14-15H2,1-2H3,(H2,29,30,31,32,33,36);1H4. The molecule has 38 heavy (non-hydrogen) atoms. The lowest BCUT2D eigenvalue weighted by Crippen LogP contribution is -2.49. The van der Waals surface area contributed by atoms with Crippen molar-refractivity contribution in [2.75, 3.05) is 16.8 Å². The van der Waals surface area contributed by atoms with E-state index in [-0.39, 0.29) is 25.3 Å². The van der Waals surface area contributed by atoms with Gasteiger partial charge in [0, 0.05) is 23.9 Å². The monoisotopic (exact) mass is 525 g/mol. The number of nitrogens with zero attached hydrogens (tertiary/aromatic N) is 5. The molecule has 2 aliphatic rings. The van der Waals surface area contributed by atoms with Gasteiger partial charge in [0.05, 0.1) is 12.1 Å². The first-order valence-electron chi connectivity index (χ1n) is 12.4. The maximum absolute atomic E-state index is 14.0. The van der Waals surface area contributed by atoms with E-state index < -0.39 is 17.2 Å². The van der Waals surface area contributed by atoms with Crippen molar-refractivity contribution in [3.8, 4) is 0 Å². The summed E-state index contributed by atoms with van der Waals surface area (Å²) in [5.41, 5.74) is 1.23. The number of anilines is 2. The molecule has 3 amide bonds. The molecule has 2 N–H and O–H groups in total. The summed E-state index contributed by atoms with van der Waals surface area (Å²) in [5, 5.41) is 15.6. The lowest BCUT2D eigenvalue weighted by Gasteiger charge is -2.43. The zero-order valence-corrected chi connectivity index (χ0v) is 20.7. The van der Waals surface area contributed by atoms with Crippen LogP contribution in [0.3, 0.4) is 0 Å². The van der Waals surface area contributed by atoms with Crippen LogP contribution >= 0.6 is 0 Å². The Balaban J connectivity index is 0.00000336. The first-order chi connectivity index (χ1) is 17.8. The minimum absolute atomic E-state index is 0. The molecule has 2 aromatic carbocycles. The predicted molar refractivity (Wildman–Crippen MR) is 139 cm³/mol. The smallest absolute Gasteiger partial charge is 0.313 e. The van der Waals surface area contributed by atoms with Gasteiger partial charge in [-0.3, -0.25) is 15.0 Å². The molecule has 1 saturated heterocycles. The quantitative estimate of drug-likeness (QED) is 0.449. The van der Waals surface area contributed by atoms with Gasteiger partial charge in [0.25, 0.3) is 11.9 Å². The predicted octanol–water partition coefficient (Wildman–Crippen LogP) is 5.39. The summed E-state index contributed by atoms with van der Waals surface area (Å²) >= 11 is 0. The zero-order valence-electron chi connectivity index (χ0n) is 20.7. The van der Waals surface area contributed by atoms with Crippen LogP contribution < -0.4 is 10.2 Å². The van der Waals surface area contributed by atoms with Gasteiger partial charge in [-0.25, -0.2) is 13.6 Å². The third-order valence-corrected chi connectivity index (χ3v) is 7.73. The Morgan fingerprint density at radius 1 is 1.13 bits per heavy atom. The molecule has 202 valence electrons. The number of carbonyl (C=O) groups is 2. The van der Waals surface area contributed by atoms with Crippen LogP contribution in [0.15, 0.2) is 42.5 Å². The van der Waals surface area contributed by atoms with E-state index in [1.807, 2.05) is 17.0 Å². The molecule has 1 saturated carbocycles. The van der Waals surface area contributed by atoms with Crippen molar-refractivity contribution in [3.63, 3.8) is 0 Å². The van der Waals surface area contributed by atoms with Gasteiger partial charge in [0.15, 0.2) is 11.6 Å². The molecule has 0 atom stereocenters. The number of nitrogens with one attached hydrogen (secondary N) is 2. The minimum Gasteiger partial charge on any atom is -0.313 e. The number of aromatic nitrogens is 4. The van der Waals surface area contributed by atoms with Gasteiger partial charge in [-0.1, -0.05) is 38.5 Å². The van der Waals surface area contributed by atoms with Crippen molar-refractivity contribution in [1.29, 1.82) is 0 Å². The summed E-state index contributed by atoms with van der Waals surface area (Å²) < 4.78 is 27.6. The largest absolute Gasteiger partial charge is 0.325 e. The fraction of sp³-hybridized carbons (Fsp3) is 0.444. The molecule has 1 aliphatic carbocycles. The molecular formula is C27H33F2N7O2. The Morgan fingerprint density at radius 3 is 2.45 bits per heavy atom. The Kier molecular flexibility index (Phi) is 7.75. The van der Waals surface area contributed by atoms with E-state index in [1.54, 1.807) is 17.0 Å². The summed E-state index contributed by atoms with van der Waals surface area (Å²) in [5.74, 6) is -1.06. The number of halogens is 2. The number of urea groups is 1. The molecule has 1 spiro atoms. The van der Waals surface area contributed by atoms with Gasteiger partial charge in [0.2, 0.25) is 0 Å². The van der Waals surface area contributed by atoms with Crippen LogP contribution in [-0.4, -0.2) is 49.5 Å². The lowest BCUT2D eigenvalue weighted by molar-refractivity contribution is 0.0843. The Hall–Kier alpha value is -3.89. The number of amides is 3. The average Bonchev–Trinajstić information content (AvgIpc) is 3.49. The minimum atomic E-state index is -0.976. The number of rotatable bonds is 6. The van der Waals surface area contributed by atoms with Gasteiger partial charge in [0.1, 0.15) is 0 Å². The SMILES string of the molecule is C.CC(C)C1CCC2(CC1)CN(c1ccc(F)c(F)c1)C(=O)N2Cc1ccc(C(=O)Nc2nn[nH]n2)cc1. The van der Waals surface area contributed by atoms with Crippen LogP contribution in [0.1, 0.15) is 62.9 Å². The van der Waals surface area contributed by atoms with Crippen molar-refractivity contribution in [3.05, 3.63) is 65.2 Å². The second-order valence-electron chi connectivity index (χ2n) is 10.2. The lowest BCUT2D eigenvalue weighted by atomic mass is 9.72. The fourth-order valence-electron chi connectivity index (χ4n) is 5.49. The van der Waals surface area contributed by atoms with Gasteiger partial charge in [-0.15, -0.1) is 5.10 Å². The number of tetrazole rings is 1. The highest BCUT2D eigenvalue weighted by Gasteiger charge is 2.51. The fourth-order valence-corrected chi connectivity index (χ4v) is 5.49. The van der Waals surface area contributed by atoms with E-state index in [9.17, 15) is 18.4 Å². The molecule has 0 radical (unpaired) electrons. The molecule has 5 rings (SSSR count). The topological polar surface area (TPSA) is 107 Å². The number of aromatic amines is 1. The second-order valence-corrected chi connectivity index (χ2v) is 10.2. The third-order valence-electron chi connectivity index (χ3n) is 7.73. The summed E-state index contributed by atoms with van der Waals surface area (Å²) in [6.45, 7) is 5.22. The molecule has 9 nitrogen and oxygen atoms in total. The normalized spacial score (nSPS) is 21.2. The first kappa shape index (κ1) is 27.2. The highest BCUT2D eigenvalue weighted by Crippen LogP contribution is 2.45. The van der Waals surface area contributed by atoms with E-state index in [4.69, 9.17) is 0 Å². The van der Waals surface area contributed by atoms with Crippen molar-refractivity contribution in [2.45, 2.75) is 59.0 Å². The Bertz CT molecular complexity index is 1270. The van der Waals surface area contributed by atoms with Crippen LogP contribution in [0.4, 0.5) is 25.2 Å². The number of carbonyl (C=O) groups excluding carboxylic acids is 2. The maximum Gasteiger partial charge on any atom is 0.325 e. The van der Waals surface area contributed by atoms with E-state index in [0.29, 0.717) is 36.2 Å². The van der Waals surface area contributed by atoms with Crippen LogP contribution in [0.5, 0.6) is 0 Å². The van der Waals surface area contributed by atoms with Gasteiger partial charge in [-0.05, 0) is 72.6 Å². The summed E-state index contributed by atoms with van der Waals surface area (Å²) in [4.78, 5) is 29.6. The molecule has 2 heterocycles. The number of benzene rings is 2. The molecule has 0 bridgehead atoms. The average molecular weight is 526 g/mol. The van der Waals surface area contributed by atoms with E-state index in [2.05, 4.69) is 39.8 Å². The van der Waals surface area contributed by atoms with Crippen molar-refractivity contribution < 1.29 is 18.4 Å². The van der Waals surface area contributed by atoms with Gasteiger partial charge >= 0.3 is 6.03 Å². The zero-order chi connectivity index (χ0) is 26.2. The summed E-state index contributed by atoms with van der Waals surface area (Å²) in [7, 11) is 0.